The number of rotatable bonds is 46. The second kappa shape index (κ2) is 42.8. The molecule has 10 nitrogen and oxygen atoms in total. The van der Waals surface area contributed by atoms with E-state index < -0.39 is 61.5 Å². The van der Waals surface area contributed by atoms with Gasteiger partial charge in [-0.05, 0) is 12.8 Å². The van der Waals surface area contributed by atoms with E-state index in [2.05, 4.69) is 19.2 Å². The Balaban J connectivity index is 2.19. The van der Waals surface area contributed by atoms with Crippen molar-refractivity contribution in [2.45, 2.75) is 313 Å². The van der Waals surface area contributed by atoms with Gasteiger partial charge in [0.25, 0.3) is 0 Å². The van der Waals surface area contributed by atoms with Crippen LogP contribution in [0.1, 0.15) is 264 Å². The summed E-state index contributed by atoms with van der Waals surface area (Å²) in [5, 5.41) is 64.9. The van der Waals surface area contributed by atoms with Crippen molar-refractivity contribution in [3.8, 4) is 0 Å². The Labute approximate surface area is 381 Å². The van der Waals surface area contributed by atoms with E-state index in [0.29, 0.717) is 12.8 Å². The Bertz CT molecular complexity index is 957. The molecule has 7 N–H and O–H groups in total. The number of aliphatic hydroxyl groups is 6. The van der Waals surface area contributed by atoms with Gasteiger partial charge in [-0.1, -0.05) is 251 Å². The molecule has 0 aromatic heterocycles. The Kier molecular flexibility index (Phi) is 40.8. The topological polar surface area (TPSA) is 169 Å². The van der Waals surface area contributed by atoms with Crippen LogP contribution in [-0.2, 0) is 14.3 Å². The highest BCUT2D eigenvalue weighted by Gasteiger charge is 2.44. The number of ether oxygens (including phenoxy) is 2. The molecule has 0 spiro atoms. The molecule has 8 atom stereocenters. The smallest absolute Gasteiger partial charge is 0.249 e. The number of carbonyl (C=O) groups is 1. The van der Waals surface area contributed by atoms with Crippen molar-refractivity contribution in [1.29, 1.82) is 0 Å². The van der Waals surface area contributed by atoms with Crippen LogP contribution in [0.3, 0.4) is 0 Å². The molecule has 1 aliphatic heterocycles. The highest BCUT2D eigenvalue weighted by Crippen LogP contribution is 2.23. The predicted octanol–water partition coefficient (Wildman–Crippen LogP) is 11.3. The molecule has 370 valence electrons. The van der Waals surface area contributed by atoms with Crippen LogP contribution in [0.5, 0.6) is 0 Å². The molecule has 1 fully saturated rings. The minimum atomic E-state index is -1.59. The van der Waals surface area contributed by atoms with Gasteiger partial charge >= 0.3 is 0 Å². The van der Waals surface area contributed by atoms with Gasteiger partial charge in [0, 0.05) is 0 Å². The second-order valence-corrected chi connectivity index (χ2v) is 19.2. The molecule has 1 saturated heterocycles. The SMILES string of the molecule is CCCCCCCCCCCCCCCCCCCCCCCCCCCCC(O)C(=O)NC(COC1OC(CO)C(O)C(O)C1O)C(O)CCCCCCCCCCCCC. The van der Waals surface area contributed by atoms with E-state index in [1.807, 2.05) is 0 Å². The first kappa shape index (κ1) is 59.2. The summed E-state index contributed by atoms with van der Waals surface area (Å²) in [5.41, 5.74) is 0. The normalized spacial score (nSPS) is 20.7. The van der Waals surface area contributed by atoms with Crippen molar-refractivity contribution in [3.63, 3.8) is 0 Å². The average Bonchev–Trinajstić information content (AvgIpc) is 3.27. The van der Waals surface area contributed by atoms with Gasteiger partial charge in [0.05, 0.1) is 25.4 Å². The largest absolute Gasteiger partial charge is 0.394 e. The summed E-state index contributed by atoms with van der Waals surface area (Å²) < 4.78 is 11.2. The van der Waals surface area contributed by atoms with E-state index in [1.165, 1.54) is 193 Å². The van der Waals surface area contributed by atoms with Crippen LogP contribution in [0.15, 0.2) is 0 Å². The summed E-state index contributed by atoms with van der Waals surface area (Å²) >= 11 is 0. The van der Waals surface area contributed by atoms with Crippen LogP contribution in [-0.4, -0.2) is 98.7 Å². The van der Waals surface area contributed by atoms with Crippen molar-refractivity contribution in [2.75, 3.05) is 13.2 Å². The fraction of sp³-hybridized carbons (Fsp3) is 0.981. The number of hydrogen-bond acceptors (Lipinski definition) is 9. The van der Waals surface area contributed by atoms with Gasteiger partial charge in [-0.3, -0.25) is 4.79 Å². The molecule has 1 amide bonds. The van der Waals surface area contributed by atoms with Crippen molar-refractivity contribution in [2.24, 2.45) is 0 Å². The molecule has 0 bridgehead atoms. The zero-order valence-electron chi connectivity index (χ0n) is 40.5. The first-order chi connectivity index (χ1) is 30.3. The second-order valence-electron chi connectivity index (χ2n) is 19.2. The van der Waals surface area contributed by atoms with Crippen molar-refractivity contribution < 1.29 is 44.9 Å². The molecule has 1 heterocycles. The van der Waals surface area contributed by atoms with E-state index >= 15 is 0 Å². The molecule has 62 heavy (non-hydrogen) atoms. The van der Waals surface area contributed by atoms with E-state index in [0.717, 1.165) is 44.9 Å². The standard InChI is InChI=1S/C52H103NO9/c1-3-5-7-9-11-13-15-16-17-18-19-20-21-22-23-24-25-26-27-28-29-31-33-35-37-39-41-46(56)51(60)53-44(43-61-52-50(59)49(58)48(57)47(42-54)62-52)45(55)40-38-36-34-32-30-14-12-10-8-6-4-2/h44-50,52,54-59H,3-43H2,1-2H3,(H,53,60). The monoisotopic (exact) mass is 886 g/mol. The molecule has 0 radical (unpaired) electrons. The molecular formula is C52H103NO9. The van der Waals surface area contributed by atoms with Crippen LogP contribution in [0, 0.1) is 0 Å². The van der Waals surface area contributed by atoms with Gasteiger partial charge in [0.1, 0.15) is 30.5 Å². The molecule has 0 aromatic carbocycles. The average molecular weight is 886 g/mol. The van der Waals surface area contributed by atoms with Crippen LogP contribution in [0.2, 0.25) is 0 Å². The summed E-state index contributed by atoms with van der Waals surface area (Å²) in [6.07, 6.45) is 38.9. The van der Waals surface area contributed by atoms with E-state index in [1.54, 1.807) is 0 Å². The predicted molar refractivity (Wildman–Crippen MR) is 255 cm³/mol. The van der Waals surface area contributed by atoms with Gasteiger partial charge in [-0.15, -0.1) is 0 Å². The van der Waals surface area contributed by atoms with Crippen LogP contribution < -0.4 is 5.32 Å². The minimum Gasteiger partial charge on any atom is -0.394 e. The summed E-state index contributed by atoms with van der Waals surface area (Å²) in [4.78, 5) is 13.1. The molecule has 1 aliphatic rings. The summed E-state index contributed by atoms with van der Waals surface area (Å²) in [7, 11) is 0. The summed E-state index contributed by atoms with van der Waals surface area (Å²) in [6, 6.07) is -0.887. The molecule has 8 unspecified atom stereocenters. The Morgan fingerprint density at radius 3 is 1.15 bits per heavy atom. The van der Waals surface area contributed by atoms with Gasteiger partial charge in [0.15, 0.2) is 6.29 Å². The number of hydrogen-bond donors (Lipinski definition) is 7. The molecule has 0 saturated carbocycles. The number of carbonyl (C=O) groups excluding carboxylic acids is 1. The Morgan fingerprint density at radius 2 is 0.806 bits per heavy atom. The van der Waals surface area contributed by atoms with Gasteiger partial charge in [-0.25, -0.2) is 0 Å². The zero-order chi connectivity index (χ0) is 45.3. The van der Waals surface area contributed by atoms with Crippen LogP contribution in [0.4, 0.5) is 0 Å². The van der Waals surface area contributed by atoms with E-state index in [4.69, 9.17) is 9.47 Å². The van der Waals surface area contributed by atoms with Crippen LogP contribution >= 0.6 is 0 Å². The summed E-state index contributed by atoms with van der Waals surface area (Å²) in [6.45, 7) is 3.68. The number of nitrogens with one attached hydrogen (secondary N) is 1. The zero-order valence-corrected chi connectivity index (χ0v) is 40.5. The van der Waals surface area contributed by atoms with Gasteiger partial charge < -0.3 is 45.4 Å². The van der Waals surface area contributed by atoms with Crippen LogP contribution in [0.25, 0.3) is 0 Å². The molecule has 10 heteroatoms. The summed E-state index contributed by atoms with van der Waals surface area (Å²) in [5.74, 6) is -0.579. The quantitative estimate of drug-likeness (QED) is 0.0294. The molecule has 0 aliphatic carbocycles. The van der Waals surface area contributed by atoms with E-state index in [-0.39, 0.29) is 6.61 Å². The number of amides is 1. The van der Waals surface area contributed by atoms with Crippen molar-refractivity contribution in [3.05, 3.63) is 0 Å². The van der Waals surface area contributed by atoms with Crippen molar-refractivity contribution >= 4 is 5.91 Å². The first-order valence-electron chi connectivity index (χ1n) is 26.8. The molecule has 1 rings (SSSR count). The highest BCUT2D eigenvalue weighted by molar-refractivity contribution is 5.80. The maximum absolute atomic E-state index is 13.1. The first-order valence-corrected chi connectivity index (χ1v) is 26.8. The molecular weight excluding hydrogens is 783 g/mol. The van der Waals surface area contributed by atoms with Gasteiger partial charge in [0.2, 0.25) is 5.91 Å². The number of aliphatic hydroxyl groups excluding tert-OH is 6. The lowest BCUT2D eigenvalue weighted by Gasteiger charge is -2.40. The molecule has 0 aromatic rings. The fourth-order valence-corrected chi connectivity index (χ4v) is 8.93. The Morgan fingerprint density at radius 1 is 0.484 bits per heavy atom. The third kappa shape index (κ3) is 31.9. The van der Waals surface area contributed by atoms with E-state index in [9.17, 15) is 35.4 Å². The third-order valence-corrected chi connectivity index (χ3v) is 13.3. The number of unbranched alkanes of at least 4 members (excludes halogenated alkanes) is 35. The maximum Gasteiger partial charge on any atom is 0.249 e. The lowest BCUT2D eigenvalue weighted by molar-refractivity contribution is -0.302. The highest BCUT2D eigenvalue weighted by atomic mass is 16.7. The third-order valence-electron chi connectivity index (χ3n) is 13.3. The lowest BCUT2D eigenvalue weighted by Crippen LogP contribution is -2.60. The van der Waals surface area contributed by atoms with Crippen molar-refractivity contribution in [1.82, 2.24) is 5.32 Å². The fourth-order valence-electron chi connectivity index (χ4n) is 8.93. The van der Waals surface area contributed by atoms with Gasteiger partial charge in [-0.2, -0.15) is 0 Å². The maximum atomic E-state index is 13.1. The minimum absolute atomic E-state index is 0.250. The lowest BCUT2D eigenvalue weighted by atomic mass is 9.99. The Hall–Kier alpha value is -0.850.